The van der Waals surface area contributed by atoms with E-state index in [0.29, 0.717) is 0 Å². The summed E-state index contributed by atoms with van der Waals surface area (Å²) < 4.78 is 7.55. The minimum absolute atomic E-state index is 0.0404. The SMILES string of the molecule is COc1cccc(C(C(C)N)N2CCn3ccnc3C2)c1. The minimum Gasteiger partial charge on any atom is -0.497 e. The summed E-state index contributed by atoms with van der Waals surface area (Å²) in [7, 11) is 1.69. The second kappa shape index (κ2) is 5.87. The Labute approximate surface area is 125 Å². The van der Waals surface area contributed by atoms with Gasteiger partial charge >= 0.3 is 0 Å². The molecule has 3 rings (SSSR count). The van der Waals surface area contributed by atoms with E-state index in [2.05, 4.69) is 33.5 Å². The van der Waals surface area contributed by atoms with Gasteiger partial charge in [-0.15, -0.1) is 0 Å². The molecule has 5 heteroatoms. The van der Waals surface area contributed by atoms with Crippen LogP contribution in [0.5, 0.6) is 5.75 Å². The standard InChI is InChI=1S/C16H22N4O/c1-12(17)16(13-4-3-5-14(10-13)21-2)20-9-8-19-7-6-18-15(19)11-20/h3-7,10,12,16H,8-9,11,17H2,1-2H3. The number of nitrogens with zero attached hydrogens (tertiary/aromatic N) is 3. The van der Waals surface area contributed by atoms with E-state index in [9.17, 15) is 0 Å². The van der Waals surface area contributed by atoms with Crippen molar-refractivity contribution in [3.63, 3.8) is 0 Å². The van der Waals surface area contributed by atoms with Crippen molar-refractivity contribution in [1.29, 1.82) is 0 Å². The number of methoxy groups -OCH3 is 1. The highest BCUT2D eigenvalue weighted by molar-refractivity contribution is 5.31. The summed E-state index contributed by atoms with van der Waals surface area (Å²) in [5.41, 5.74) is 7.48. The van der Waals surface area contributed by atoms with Gasteiger partial charge in [0.15, 0.2) is 0 Å². The molecule has 1 aliphatic rings. The molecule has 2 unspecified atom stereocenters. The number of hydrogen-bond acceptors (Lipinski definition) is 4. The molecule has 0 saturated heterocycles. The summed E-state index contributed by atoms with van der Waals surface area (Å²) in [6.07, 6.45) is 3.91. The largest absolute Gasteiger partial charge is 0.497 e. The Morgan fingerprint density at radius 1 is 1.33 bits per heavy atom. The monoisotopic (exact) mass is 286 g/mol. The smallest absolute Gasteiger partial charge is 0.122 e. The van der Waals surface area contributed by atoms with E-state index in [0.717, 1.165) is 31.2 Å². The summed E-state index contributed by atoms with van der Waals surface area (Å²) in [4.78, 5) is 6.84. The van der Waals surface area contributed by atoms with Crippen LogP contribution in [0.1, 0.15) is 24.4 Å². The Morgan fingerprint density at radius 3 is 2.95 bits per heavy atom. The van der Waals surface area contributed by atoms with E-state index in [1.807, 2.05) is 24.5 Å². The van der Waals surface area contributed by atoms with Crippen LogP contribution in [0, 0.1) is 0 Å². The van der Waals surface area contributed by atoms with Gasteiger partial charge in [0.25, 0.3) is 0 Å². The molecule has 5 nitrogen and oxygen atoms in total. The molecule has 2 aromatic rings. The van der Waals surface area contributed by atoms with Crippen LogP contribution >= 0.6 is 0 Å². The van der Waals surface area contributed by atoms with Gasteiger partial charge in [0.2, 0.25) is 0 Å². The van der Waals surface area contributed by atoms with Crippen LogP contribution in [-0.2, 0) is 13.1 Å². The van der Waals surface area contributed by atoms with Crippen molar-refractivity contribution in [2.75, 3.05) is 13.7 Å². The van der Waals surface area contributed by atoms with Crippen molar-refractivity contribution < 1.29 is 4.74 Å². The molecule has 2 atom stereocenters. The second-order valence-electron chi connectivity index (χ2n) is 5.59. The molecule has 112 valence electrons. The van der Waals surface area contributed by atoms with Gasteiger partial charge < -0.3 is 15.0 Å². The van der Waals surface area contributed by atoms with E-state index in [1.54, 1.807) is 7.11 Å². The number of imidazole rings is 1. The van der Waals surface area contributed by atoms with Gasteiger partial charge in [-0.05, 0) is 24.6 Å². The lowest BCUT2D eigenvalue weighted by Gasteiger charge is -2.37. The van der Waals surface area contributed by atoms with Gasteiger partial charge in [0.1, 0.15) is 11.6 Å². The van der Waals surface area contributed by atoms with E-state index in [1.165, 1.54) is 5.56 Å². The average molecular weight is 286 g/mol. The van der Waals surface area contributed by atoms with Crippen LogP contribution < -0.4 is 10.5 Å². The molecule has 21 heavy (non-hydrogen) atoms. The summed E-state index contributed by atoms with van der Waals surface area (Å²) in [5, 5.41) is 0. The minimum atomic E-state index is 0.0404. The normalized spacial score (nSPS) is 18.0. The van der Waals surface area contributed by atoms with Gasteiger partial charge in [0, 0.05) is 31.5 Å². The molecule has 0 spiro atoms. The number of hydrogen-bond donors (Lipinski definition) is 1. The van der Waals surface area contributed by atoms with Crippen molar-refractivity contribution in [3.05, 3.63) is 48.0 Å². The highest BCUT2D eigenvalue weighted by atomic mass is 16.5. The molecule has 1 aromatic heterocycles. The quantitative estimate of drug-likeness (QED) is 0.931. The topological polar surface area (TPSA) is 56.3 Å². The first-order valence-corrected chi connectivity index (χ1v) is 7.32. The van der Waals surface area contributed by atoms with E-state index >= 15 is 0 Å². The lowest BCUT2D eigenvalue weighted by molar-refractivity contribution is 0.136. The van der Waals surface area contributed by atoms with E-state index < -0.39 is 0 Å². The van der Waals surface area contributed by atoms with Crippen LogP contribution in [0.15, 0.2) is 36.7 Å². The van der Waals surface area contributed by atoms with Crippen LogP contribution in [0.2, 0.25) is 0 Å². The molecule has 0 aliphatic carbocycles. The van der Waals surface area contributed by atoms with Crippen molar-refractivity contribution >= 4 is 0 Å². The summed E-state index contributed by atoms with van der Waals surface area (Å²) >= 11 is 0. The number of nitrogens with two attached hydrogens (primary N) is 1. The first-order valence-electron chi connectivity index (χ1n) is 7.32. The maximum absolute atomic E-state index is 6.28. The van der Waals surface area contributed by atoms with E-state index in [4.69, 9.17) is 10.5 Å². The Hall–Kier alpha value is -1.85. The fourth-order valence-corrected chi connectivity index (χ4v) is 3.10. The van der Waals surface area contributed by atoms with Crippen LogP contribution in [0.25, 0.3) is 0 Å². The van der Waals surface area contributed by atoms with Gasteiger partial charge in [-0.25, -0.2) is 4.98 Å². The molecule has 2 N–H and O–H groups in total. The van der Waals surface area contributed by atoms with Crippen LogP contribution in [0.4, 0.5) is 0 Å². The molecular weight excluding hydrogens is 264 g/mol. The highest BCUT2D eigenvalue weighted by Gasteiger charge is 2.28. The predicted octanol–water partition coefficient (Wildman–Crippen LogP) is 1.80. The fourth-order valence-electron chi connectivity index (χ4n) is 3.10. The fraction of sp³-hybridized carbons (Fsp3) is 0.438. The third-order valence-corrected chi connectivity index (χ3v) is 4.10. The Kier molecular flexibility index (Phi) is 3.94. The zero-order valence-electron chi connectivity index (χ0n) is 12.6. The average Bonchev–Trinajstić information content (AvgIpc) is 2.95. The molecule has 2 heterocycles. The lowest BCUT2D eigenvalue weighted by atomic mass is 9.98. The highest BCUT2D eigenvalue weighted by Crippen LogP contribution is 2.29. The van der Waals surface area contributed by atoms with Gasteiger partial charge in [0.05, 0.1) is 19.7 Å². The molecule has 0 fully saturated rings. The molecule has 0 radical (unpaired) electrons. The Balaban J connectivity index is 1.88. The van der Waals surface area contributed by atoms with Crippen molar-refractivity contribution in [2.24, 2.45) is 5.73 Å². The number of ether oxygens (including phenoxy) is 1. The van der Waals surface area contributed by atoms with Crippen molar-refractivity contribution in [2.45, 2.75) is 32.1 Å². The zero-order valence-corrected chi connectivity index (χ0v) is 12.6. The molecule has 1 aromatic carbocycles. The van der Waals surface area contributed by atoms with Gasteiger partial charge in [-0.3, -0.25) is 4.90 Å². The maximum atomic E-state index is 6.28. The van der Waals surface area contributed by atoms with E-state index in [-0.39, 0.29) is 12.1 Å². The third-order valence-electron chi connectivity index (χ3n) is 4.10. The lowest BCUT2D eigenvalue weighted by Crippen LogP contribution is -2.43. The third kappa shape index (κ3) is 2.80. The van der Waals surface area contributed by atoms with Crippen molar-refractivity contribution in [3.8, 4) is 5.75 Å². The van der Waals surface area contributed by atoms with Crippen molar-refractivity contribution in [1.82, 2.24) is 14.5 Å². The maximum Gasteiger partial charge on any atom is 0.122 e. The summed E-state index contributed by atoms with van der Waals surface area (Å²) in [6.45, 7) is 4.83. The predicted molar refractivity (Wildman–Crippen MR) is 82.0 cm³/mol. The molecule has 0 amide bonds. The molecule has 0 saturated carbocycles. The zero-order chi connectivity index (χ0) is 14.8. The Morgan fingerprint density at radius 2 is 2.19 bits per heavy atom. The first kappa shape index (κ1) is 14.1. The Bertz CT molecular complexity index is 608. The number of rotatable bonds is 4. The molecule has 0 bridgehead atoms. The summed E-state index contributed by atoms with van der Waals surface area (Å²) in [5.74, 6) is 1.98. The second-order valence-corrected chi connectivity index (χ2v) is 5.59. The van der Waals surface area contributed by atoms with Gasteiger partial charge in [-0.2, -0.15) is 0 Å². The molecule has 1 aliphatic heterocycles. The van der Waals surface area contributed by atoms with Gasteiger partial charge in [-0.1, -0.05) is 12.1 Å². The number of fused-ring (bicyclic) bond motifs is 1. The number of benzene rings is 1. The first-order chi connectivity index (χ1) is 10.2. The van der Waals surface area contributed by atoms with Crippen LogP contribution in [-0.4, -0.2) is 34.1 Å². The molecular formula is C16H22N4O. The van der Waals surface area contributed by atoms with Crippen LogP contribution in [0.3, 0.4) is 0 Å². The summed E-state index contributed by atoms with van der Waals surface area (Å²) in [6, 6.07) is 8.40. The number of aromatic nitrogens is 2.